The molecule has 0 fully saturated rings. The third-order valence-electron chi connectivity index (χ3n) is 1.87. The number of carbonyl (C=O) groups excluding carboxylic acids is 2. The number of esters is 1. The SMILES string of the molecule is CCCC(=S)NC(C)(C)C(=O)C(=O)OC. The molecule has 5 heteroatoms. The number of Topliss-reactive ketones (excluding diaryl/α,β-unsaturated/α-hetero) is 1. The minimum atomic E-state index is -1.00. The molecule has 0 aromatic heterocycles. The summed E-state index contributed by atoms with van der Waals surface area (Å²) in [5, 5.41) is 2.85. The van der Waals surface area contributed by atoms with E-state index in [9.17, 15) is 9.59 Å². The van der Waals surface area contributed by atoms with E-state index in [-0.39, 0.29) is 0 Å². The molecule has 0 radical (unpaired) electrons. The number of nitrogens with one attached hydrogen (secondary N) is 1. The van der Waals surface area contributed by atoms with Crippen molar-refractivity contribution in [2.24, 2.45) is 0 Å². The van der Waals surface area contributed by atoms with E-state index < -0.39 is 17.3 Å². The third kappa shape index (κ3) is 4.38. The average molecular weight is 231 g/mol. The van der Waals surface area contributed by atoms with E-state index in [1.165, 1.54) is 7.11 Å². The Bertz CT molecular complexity index is 274. The molecule has 0 rings (SSSR count). The van der Waals surface area contributed by atoms with Gasteiger partial charge in [-0.2, -0.15) is 0 Å². The molecule has 0 atom stereocenters. The van der Waals surface area contributed by atoms with Crippen molar-refractivity contribution in [1.82, 2.24) is 5.32 Å². The van der Waals surface area contributed by atoms with Crippen molar-refractivity contribution in [3.8, 4) is 0 Å². The Labute approximate surface area is 95.4 Å². The van der Waals surface area contributed by atoms with Crippen LogP contribution in [0.15, 0.2) is 0 Å². The lowest BCUT2D eigenvalue weighted by Gasteiger charge is -2.24. The van der Waals surface area contributed by atoms with E-state index in [1.807, 2.05) is 6.92 Å². The number of hydrogen-bond donors (Lipinski definition) is 1. The quantitative estimate of drug-likeness (QED) is 0.438. The molecule has 0 saturated heterocycles. The van der Waals surface area contributed by atoms with Crippen LogP contribution in [0.4, 0.5) is 0 Å². The monoisotopic (exact) mass is 231 g/mol. The summed E-state index contributed by atoms with van der Waals surface area (Å²) in [5.74, 6) is -1.48. The smallest absolute Gasteiger partial charge is 0.376 e. The second kappa shape index (κ2) is 5.80. The molecule has 0 saturated carbocycles. The molecule has 0 unspecified atom stereocenters. The summed E-state index contributed by atoms with van der Waals surface area (Å²) in [6.07, 6.45) is 1.60. The predicted molar refractivity (Wildman–Crippen MR) is 61.7 cm³/mol. The summed E-state index contributed by atoms with van der Waals surface area (Å²) in [5.41, 5.74) is -1.00. The van der Waals surface area contributed by atoms with Crippen LogP contribution >= 0.6 is 12.2 Å². The highest BCUT2D eigenvalue weighted by Crippen LogP contribution is 2.07. The summed E-state index contributed by atoms with van der Waals surface area (Å²) in [4.78, 5) is 23.2. The van der Waals surface area contributed by atoms with Gasteiger partial charge in [0.2, 0.25) is 0 Å². The standard InChI is InChI=1S/C10H17NO3S/c1-5-6-7(15)11-10(2,3)8(12)9(13)14-4/h5-6H2,1-4H3,(H,11,15). The first-order chi connectivity index (χ1) is 6.85. The van der Waals surface area contributed by atoms with Crippen LogP contribution in [0.5, 0.6) is 0 Å². The summed E-state index contributed by atoms with van der Waals surface area (Å²) < 4.78 is 4.37. The lowest BCUT2D eigenvalue weighted by atomic mass is 9.99. The molecule has 0 amide bonds. The Balaban J connectivity index is 4.47. The van der Waals surface area contributed by atoms with E-state index in [2.05, 4.69) is 10.1 Å². The Hall–Kier alpha value is -0.970. The first kappa shape index (κ1) is 14.0. The van der Waals surface area contributed by atoms with E-state index in [0.29, 0.717) is 11.4 Å². The van der Waals surface area contributed by atoms with Gasteiger partial charge in [0.1, 0.15) is 5.54 Å². The molecule has 0 aliphatic heterocycles. The first-order valence-electron chi connectivity index (χ1n) is 4.79. The minimum Gasteiger partial charge on any atom is -0.463 e. The maximum Gasteiger partial charge on any atom is 0.376 e. The second-order valence-corrected chi connectivity index (χ2v) is 4.24. The fourth-order valence-electron chi connectivity index (χ4n) is 1.04. The molecule has 0 spiro atoms. The molecule has 4 nitrogen and oxygen atoms in total. The minimum absolute atomic E-state index is 0.583. The molecule has 86 valence electrons. The number of methoxy groups -OCH3 is 1. The van der Waals surface area contributed by atoms with Crippen molar-refractivity contribution in [3.63, 3.8) is 0 Å². The van der Waals surface area contributed by atoms with Gasteiger partial charge >= 0.3 is 5.97 Å². The van der Waals surface area contributed by atoms with Crippen LogP contribution in [0, 0.1) is 0 Å². The Morgan fingerprint density at radius 3 is 2.33 bits per heavy atom. The van der Waals surface area contributed by atoms with Gasteiger partial charge in [0.15, 0.2) is 0 Å². The number of thiocarbonyl (C=S) groups is 1. The van der Waals surface area contributed by atoms with Crippen molar-refractivity contribution in [3.05, 3.63) is 0 Å². The Kier molecular flexibility index (Phi) is 5.43. The van der Waals surface area contributed by atoms with E-state index >= 15 is 0 Å². The predicted octanol–water partition coefficient (Wildman–Crippen LogP) is 1.22. The number of hydrogen-bond acceptors (Lipinski definition) is 4. The van der Waals surface area contributed by atoms with Crippen molar-refractivity contribution in [1.29, 1.82) is 0 Å². The van der Waals surface area contributed by atoms with Gasteiger partial charge in [-0.15, -0.1) is 0 Å². The van der Waals surface area contributed by atoms with Crippen molar-refractivity contribution < 1.29 is 14.3 Å². The fourth-order valence-corrected chi connectivity index (χ4v) is 1.50. The maximum atomic E-state index is 11.5. The van der Waals surface area contributed by atoms with Gasteiger partial charge in [0.05, 0.1) is 12.1 Å². The normalized spacial score (nSPS) is 10.7. The van der Waals surface area contributed by atoms with Crippen molar-refractivity contribution >= 4 is 29.0 Å². The average Bonchev–Trinajstić information content (AvgIpc) is 2.15. The fraction of sp³-hybridized carbons (Fsp3) is 0.700. The highest BCUT2D eigenvalue weighted by atomic mass is 32.1. The van der Waals surface area contributed by atoms with Crippen LogP contribution in [0.25, 0.3) is 0 Å². The van der Waals surface area contributed by atoms with E-state index in [4.69, 9.17) is 12.2 Å². The molecule has 0 aliphatic rings. The second-order valence-electron chi connectivity index (χ2n) is 3.74. The summed E-state index contributed by atoms with van der Waals surface area (Å²) >= 11 is 5.03. The van der Waals surface area contributed by atoms with Gasteiger partial charge in [0.25, 0.3) is 5.78 Å². The first-order valence-corrected chi connectivity index (χ1v) is 5.19. The molecule has 0 aliphatic carbocycles. The largest absolute Gasteiger partial charge is 0.463 e. The zero-order valence-electron chi connectivity index (χ0n) is 9.55. The molecule has 0 aromatic carbocycles. The van der Waals surface area contributed by atoms with Crippen LogP contribution in [0.1, 0.15) is 33.6 Å². The van der Waals surface area contributed by atoms with Crippen molar-refractivity contribution in [2.75, 3.05) is 7.11 Å². The summed E-state index contributed by atoms with van der Waals surface area (Å²) in [6.45, 7) is 5.20. The zero-order valence-corrected chi connectivity index (χ0v) is 10.4. The molecule has 0 heterocycles. The number of ketones is 1. The number of carbonyl (C=O) groups is 2. The number of rotatable bonds is 5. The van der Waals surface area contributed by atoms with E-state index in [0.717, 1.165) is 6.42 Å². The zero-order chi connectivity index (χ0) is 12.1. The lowest BCUT2D eigenvalue weighted by Crippen LogP contribution is -2.52. The van der Waals surface area contributed by atoms with Crippen LogP contribution in [-0.2, 0) is 14.3 Å². The topological polar surface area (TPSA) is 55.4 Å². The molecule has 15 heavy (non-hydrogen) atoms. The molecule has 1 N–H and O–H groups in total. The van der Waals surface area contributed by atoms with Crippen LogP contribution < -0.4 is 5.32 Å². The van der Waals surface area contributed by atoms with Gasteiger partial charge in [-0.25, -0.2) is 4.79 Å². The molecular weight excluding hydrogens is 214 g/mol. The highest BCUT2D eigenvalue weighted by molar-refractivity contribution is 7.80. The maximum absolute atomic E-state index is 11.5. The van der Waals surface area contributed by atoms with Crippen molar-refractivity contribution in [2.45, 2.75) is 39.2 Å². The van der Waals surface area contributed by atoms with Crippen LogP contribution in [0.3, 0.4) is 0 Å². The van der Waals surface area contributed by atoms with Gasteiger partial charge < -0.3 is 10.1 Å². The van der Waals surface area contributed by atoms with E-state index in [1.54, 1.807) is 13.8 Å². The number of ether oxygens (including phenoxy) is 1. The Morgan fingerprint density at radius 1 is 1.40 bits per heavy atom. The van der Waals surface area contributed by atoms with Gasteiger partial charge in [0, 0.05) is 0 Å². The van der Waals surface area contributed by atoms with Gasteiger partial charge in [-0.1, -0.05) is 19.1 Å². The van der Waals surface area contributed by atoms with Gasteiger partial charge in [-0.05, 0) is 26.7 Å². The molecule has 0 aromatic rings. The lowest BCUT2D eigenvalue weighted by molar-refractivity contribution is -0.153. The van der Waals surface area contributed by atoms with Crippen LogP contribution in [0.2, 0.25) is 0 Å². The molecule has 0 bridgehead atoms. The third-order valence-corrected chi connectivity index (χ3v) is 2.17. The summed E-state index contributed by atoms with van der Waals surface area (Å²) in [7, 11) is 1.18. The highest BCUT2D eigenvalue weighted by Gasteiger charge is 2.34. The van der Waals surface area contributed by atoms with Gasteiger partial charge in [-0.3, -0.25) is 4.79 Å². The van der Waals surface area contributed by atoms with Crippen LogP contribution in [-0.4, -0.2) is 29.4 Å². The summed E-state index contributed by atoms with van der Waals surface area (Å²) in [6, 6.07) is 0. The molecular formula is C10H17NO3S. The Morgan fingerprint density at radius 2 is 1.93 bits per heavy atom.